The van der Waals surface area contributed by atoms with Gasteiger partial charge in [-0.15, -0.1) is 11.3 Å². The highest BCUT2D eigenvalue weighted by molar-refractivity contribution is 8.01. The van der Waals surface area contributed by atoms with Gasteiger partial charge in [-0.25, -0.2) is 4.98 Å². The standard InChI is InChI=1S/C16H14N2OS2/c19-15(17-10-12-6-2-1-3-7-12)11-20-16-18-13-8-4-5-9-14(13)21-16/h1-9H,10-11H2,(H,17,19). The van der Waals surface area contributed by atoms with E-state index in [-0.39, 0.29) is 5.91 Å². The van der Waals surface area contributed by atoms with Gasteiger partial charge in [-0.05, 0) is 17.7 Å². The van der Waals surface area contributed by atoms with Crippen molar-refractivity contribution in [3.63, 3.8) is 0 Å². The summed E-state index contributed by atoms with van der Waals surface area (Å²) in [5, 5.41) is 2.92. The smallest absolute Gasteiger partial charge is 0.230 e. The minimum Gasteiger partial charge on any atom is -0.351 e. The van der Waals surface area contributed by atoms with Gasteiger partial charge in [0.1, 0.15) is 0 Å². The van der Waals surface area contributed by atoms with Gasteiger partial charge in [-0.3, -0.25) is 4.79 Å². The first-order valence-corrected chi connectivity index (χ1v) is 8.40. The topological polar surface area (TPSA) is 42.0 Å². The Hall–Kier alpha value is -1.85. The Morgan fingerprint density at radius 1 is 1.10 bits per heavy atom. The molecule has 0 spiro atoms. The van der Waals surface area contributed by atoms with Gasteiger partial charge >= 0.3 is 0 Å². The van der Waals surface area contributed by atoms with Crippen LogP contribution in [0.5, 0.6) is 0 Å². The molecular formula is C16H14N2OS2. The summed E-state index contributed by atoms with van der Waals surface area (Å²) in [5.41, 5.74) is 2.10. The number of nitrogens with one attached hydrogen (secondary N) is 1. The van der Waals surface area contributed by atoms with E-state index < -0.39 is 0 Å². The highest BCUT2D eigenvalue weighted by Gasteiger charge is 2.07. The molecule has 0 bridgehead atoms. The number of fused-ring (bicyclic) bond motifs is 1. The fraction of sp³-hybridized carbons (Fsp3) is 0.125. The van der Waals surface area contributed by atoms with Gasteiger partial charge in [-0.1, -0.05) is 54.2 Å². The first-order valence-electron chi connectivity index (χ1n) is 6.60. The van der Waals surface area contributed by atoms with Crippen LogP contribution in [0.15, 0.2) is 58.9 Å². The number of hydrogen-bond donors (Lipinski definition) is 1. The average Bonchev–Trinajstić information content (AvgIpc) is 2.95. The predicted octanol–water partition coefficient (Wildman–Crippen LogP) is 3.70. The monoisotopic (exact) mass is 314 g/mol. The quantitative estimate of drug-likeness (QED) is 0.730. The van der Waals surface area contributed by atoms with Crippen molar-refractivity contribution in [3.8, 4) is 0 Å². The third-order valence-electron chi connectivity index (χ3n) is 2.93. The number of amides is 1. The van der Waals surface area contributed by atoms with Crippen LogP contribution >= 0.6 is 23.1 Å². The first kappa shape index (κ1) is 14.1. The average molecular weight is 314 g/mol. The molecule has 0 aliphatic carbocycles. The third kappa shape index (κ3) is 3.83. The maximum absolute atomic E-state index is 11.8. The predicted molar refractivity (Wildman–Crippen MR) is 88.6 cm³/mol. The zero-order valence-electron chi connectivity index (χ0n) is 11.3. The molecule has 0 saturated carbocycles. The molecule has 0 aliphatic rings. The van der Waals surface area contributed by atoms with Crippen LogP contribution in [-0.4, -0.2) is 16.6 Å². The molecule has 1 amide bonds. The molecule has 5 heteroatoms. The fourth-order valence-corrected chi connectivity index (χ4v) is 3.79. The summed E-state index contributed by atoms with van der Waals surface area (Å²) in [7, 11) is 0. The molecular weight excluding hydrogens is 300 g/mol. The van der Waals surface area contributed by atoms with E-state index in [0.29, 0.717) is 12.3 Å². The number of carbonyl (C=O) groups excluding carboxylic acids is 1. The Morgan fingerprint density at radius 3 is 2.67 bits per heavy atom. The summed E-state index contributed by atoms with van der Waals surface area (Å²) < 4.78 is 2.09. The van der Waals surface area contributed by atoms with Crippen LogP contribution in [0.2, 0.25) is 0 Å². The lowest BCUT2D eigenvalue weighted by Gasteiger charge is -2.03. The molecule has 106 valence electrons. The van der Waals surface area contributed by atoms with Crippen LogP contribution in [0.4, 0.5) is 0 Å². The van der Waals surface area contributed by atoms with Crippen LogP contribution in [0.1, 0.15) is 5.56 Å². The van der Waals surface area contributed by atoms with Crippen LogP contribution < -0.4 is 5.32 Å². The lowest BCUT2D eigenvalue weighted by molar-refractivity contribution is -0.118. The lowest BCUT2D eigenvalue weighted by Crippen LogP contribution is -2.24. The first-order chi connectivity index (χ1) is 10.3. The third-order valence-corrected chi connectivity index (χ3v) is 5.11. The van der Waals surface area contributed by atoms with E-state index in [2.05, 4.69) is 10.3 Å². The molecule has 3 aromatic rings. The highest BCUT2D eigenvalue weighted by Crippen LogP contribution is 2.28. The number of aromatic nitrogens is 1. The molecule has 0 atom stereocenters. The number of para-hydroxylation sites is 1. The molecule has 1 aromatic heterocycles. The van der Waals surface area contributed by atoms with Crippen molar-refractivity contribution >= 4 is 39.2 Å². The molecule has 21 heavy (non-hydrogen) atoms. The molecule has 3 nitrogen and oxygen atoms in total. The van der Waals surface area contributed by atoms with Crippen LogP contribution in [-0.2, 0) is 11.3 Å². The molecule has 2 aromatic carbocycles. The van der Waals surface area contributed by atoms with Crippen molar-refractivity contribution in [1.29, 1.82) is 0 Å². The summed E-state index contributed by atoms with van der Waals surface area (Å²) in [5.74, 6) is 0.426. The van der Waals surface area contributed by atoms with Crippen molar-refractivity contribution in [2.45, 2.75) is 10.9 Å². The van der Waals surface area contributed by atoms with Gasteiger partial charge < -0.3 is 5.32 Å². The Labute approximate surface area is 131 Å². The number of thioether (sulfide) groups is 1. The normalized spacial score (nSPS) is 10.7. The van der Waals surface area contributed by atoms with E-state index in [1.54, 1.807) is 11.3 Å². The minimum absolute atomic E-state index is 0.0307. The van der Waals surface area contributed by atoms with Gasteiger partial charge in [0.05, 0.1) is 16.0 Å². The molecule has 0 aliphatic heterocycles. The van der Waals surface area contributed by atoms with E-state index in [1.165, 1.54) is 11.8 Å². The van der Waals surface area contributed by atoms with Crippen molar-refractivity contribution in [2.75, 3.05) is 5.75 Å². The van der Waals surface area contributed by atoms with E-state index >= 15 is 0 Å². The van der Waals surface area contributed by atoms with E-state index in [0.717, 1.165) is 20.1 Å². The molecule has 0 saturated heterocycles. The van der Waals surface area contributed by atoms with Crippen molar-refractivity contribution in [2.24, 2.45) is 0 Å². The Kier molecular flexibility index (Phi) is 4.52. The van der Waals surface area contributed by atoms with Gasteiger partial charge in [0, 0.05) is 6.54 Å². The summed E-state index contributed by atoms with van der Waals surface area (Å²) in [6.07, 6.45) is 0. The maximum atomic E-state index is 11.8. The second-order valence-electron chi connectivity index (χ2n) is 4.50. The zero-order valence-corrected chi connectivity index (χ0v) is 12.9. The molecule has 1 N–H and O–H groups in total. The largest absolute Gasteiger partial charge is 0.351 e. The maximum Gasteiger partial charge on any atom is 0.230 e. The Balaban J connectivity index is 1.51. The second kappa shape index (κ2) is 6.74. The number of nitrogens with zero attached hydrogens (tertiary/aromatic N) is 1. The number of rotatable bonds is 5. The zero-order chi connectivity index (χ0) is 14.5. The van der Waals surface area contributed by atoms with Gasteiger partial charge in [0.25, 0.3) is 0 Å². The molecule has 0 radical (unpaired) electrons. The van der Waals surface area contributed by atoms with Crippen LogP contribution in [0, 0.1) is 0 Å². The molecule has 1 heterocycles. The molecule has 0 fully saturated rings. The fourth-order valence-electron chi connectivity index (χ4n) is 1.89. The SMILES string of the molecule is O=C(CSc1nc2ccccc2s1)NCc1ccccc1. The Morgan fingerprint density at radius 2 is 1.86 bits per heavy atom. The highest BCUT2D eigenvalue weighted by atomic mass is 32.2. The van der Waals surface area contributed by atoms with E-state index in [1.807, 2.05) is 54.6 Å². The van der Waals surface area contributed by atoms with Gasteiger partial charge in [0.2, 0.25) is 5.91 Å². The molecule has 3 rings (SSSR count). The number of thiazole rings is 1. The summed E-state index contributed by atoms with van der Waals surface area (Å²) in [6.45, 7) is 0.570. The van der Waals surface area contributed by atoms with Crippen LogP contribution in [0.3, 0.4) is 0 Å². The van der Waals surface area contributed by atoms with E-state index in [4.69, 9.17) is 0 Å². The van der Waals surface area contributed by atoms with Crippen molar-refractivity contribution in [3.05, 3.63) is 60.2 Å². The van der Waals surface area contributed by atoms with Gasteiger partial charge in [-0.2, -0.15) is 0 Å². The van der Waals surface area contributed by atoms with Crippen LogP contribution in [0.25, 0.3) is 10.2 Å². The molecule has 0 unspecified atom stereocenters. The lowest BCUT2D eigenvalue weighted by atomic mass is 10.2. The van der Waals surface area contributed by atoms with Crippen molar-refractivity contribution in [1.82, 2.24) is 10.3 Å². The number of carbonyl (C=O) groups is 1. The summed E-state index contributed by atoms with van der Waals surface area (Å²) >= 11 is 3.11. The van der Waals surface area contributed by atoms with Gasteiger partial charge in [0.15, 0.2) is 4.34 Å². The summed E-state index contributed by atoms with van der Waals surface area (Å²) in [6, 6.07) is 17.9. The number of hydrogen-bond acceptors (Lipinski definition) is 4. The number of benzene rings is 2. The van der Waals surface area contributed by atoms with Crippen molar-refractivity contribution < 1.29 is 4.79 Å². The minimum atomic E-state index is 0.0307. The van der Waals surface area contributed by atoms with E-state index in [9.17, 15) is 4.79 Å². The Bertz CT molecular complexity index is 707. The second-order valence-corrected chi connectivity index (χ2v) is 6.75. The summed E-state index contributed by atoms with van der Waals surface area (Å²) in [4.78, 5) is 16.4.